The highest BCUT2D eigenvalue weighted by Crippen LogP contribution is 2.40. The molecule has 3 saturated heterocycles. The van der Waals surface area contributed by atoms with Crippen molar-refractivity contribution in [3.63, 3.8) is 0 Å². The Hall–Kier alpha value is -3.59. The smallest absolute Gasteiger partial charge is 0.169 e. The van der Waals surface area contributed by atoms with E-state index in [-0.39, 0.29) is 29.8 Å². The summed E-state index contributed by atoms with van der Waals surface area (Å²) in [6.07, 6.45) is 3.92. The Bertz CT molecular complexity index is 1240. The number of phenolic OH excluding ortho intramolecular Hbond substituents is 1. The lowest BCUT2D eigenvalue weighted by molar-refractivity contribution is 0.156. The first kappa shape index (κ1) is 22.8. The summed E-state index contributed by atoms with van der Waals surface area (Å²) in [6.45, 7) is 3.34. The van der Waals surface area contributed by atoms with E-state index in [1.807, 2.05) is 30.3 Å². The van der Waals surface area contributed by atoms with Crippen LogP contribution in [0.5, 0.6) is 11.5 Å². The number of nitrogens with two attached hydrogens (primary N) is 1. The first-order valence-electron chi connectivity index (χ1n) is 12.7. The van der Waals surface area contributed by atoms with Crippen LogP contribution in [-0.2, 0) is 0 Å². The fourth-order valence-corrected chi connectivity index (χ4v) is 5.82. The topological polar surface area (TPSA) is 99.8 Å². The Morgan fingerprint density at radius 3 is 2.47 bits per heavy atom. The molecule has 0 saturated carbocycles. The molecule has 1 aromatic heterocycles. The molecule has 6 rings (SSSR count). The first-order chi connectivity index (χ1) is 17.6. The van der Waals surface area contributed by atoms with Crippen LogP contribution in [-0.4, -0.2) is 59.7 Å². The molecule has 4 heterocycles. The second-order valence-electron chi connectivity index (χ2n) is 9.90. The number of fused-ring (bicyclic) bond motifs is 2. The molecule has 4 N–H and O–H groups in total. The lowest BCUT2D eigenvalue weighted by atomic mass is 10.1. The normalized spacial score (nSPS) is 22.1. The number of halogens is 1. The number of anilines is 3. The zero-order chi connectivity index (χ0) is 24.6. The Morgan fingerprint density at radius 2 is 1.72 bits per heavy atom. The molecule has 9 heteroatoms. The summed E-state index contributed by atoms with van der Waals surface area (Å²) in [5.41, 5.74) is 9.31. The number of piperidine rings is 1. The average Bonchev–Trinajstić information content (AvgIpc) is 3.16. The number of benzene rings is 2. The molecule has 3 aliphatic rings. The molecule has 0 unspecified atom stereocenters. The number of nitrogens with one attached hydrogen (secondary N) is 1. The lowest BCUT2D eigenvalue weighted by Crippen LogP contribution is -2.54. The number of hydrogen-bond acceptors (Lipinski definition) is 8. The van der Waals surface area contributed by atoms with E-state index in [1.165, 1.54) is 6.07 Å². The largest absolute Gasteiger partial charge is 0.507 e. The summed E-state index contributed by atoms with van der Waals surface area (Å²) in [4.78, 5) is 4.68. The highest BCUT2D eigenvalue weighted by Gasteiger charge is 2.41. The minimum absolute atomic E-state index is 0.0463. The molecule has 0 spiro atoms. The molecule has 2 aromatic carbocycles. The molecule has 2 atom stereocenters. The van der Waals surface area contributed by atoms with Gasteiger partial charge in [0.15, 0.2) is 17.4 Å². The molecule has 188 valence electrons. The zero-order valence-corrected chi connectivity index (χ0v) is 20.1. The molecule has 0 amide bonds. The van der Waals surface area contributed by atoms with Gasteiger partial charge in [-0.3, -0.25) is 0 Å². The molecule has 0 radical (unpaired) electrons. The van der Waals surface area contributed by atoms with Crippen LogP contribution in [0.4, 0.5) is 21.6 Å². The maximum atomic E-state index is 14.6. The van der Waals surface area contributed by atoms with Crippen molar-refractivity contribution in [1.29, 1.82) is 0 Å². The van der Waals surface area contributed by atoms with Crippen molar-refractivity contribution in [2.75, 3.05) is 41.7 Å². The van der Waals surface area contributed by atoms with Crippen molar-refractivity contribution in [2.24, 2.45) is 0 Å². The summed E-state index contributed by atoms with van der Waals surface area (Å²) >= 11 is 0. The van der Waals surface area contributed by atoms with Gasteiger partial charge in [0.1, 0.15) is 11.9 Å². The van der Waals surface area contributed by atoms with Gasteiger partial charge in [-0.1, -0.05) is 12.1 Å². The van der Waals surface area contributed by atoms with Gasteiger partial charge in [0.2, 0.25) is 0 Å². The number of para-hydroxylation sites is 1. The third-order valence-corrected chi connectivity index (χ3v) is 7.60. The molecule has 2 bridgehead atoms. The molecule has 8 nitrogen and oxygen atoms in total. The molecule has 3 fully saturated rings. The Kier molecular flexibility index (Phi) is 6.00. The maximum Gasteiger partial charge on any atom is 0.169 e. The van der Waals surface area contributed by atoms with Gasteiger partial charge in [0, 0.05) is 42.5 Å². The number of nitrogens with zero attached hydrogens (tertiary/aromatic N) is 4. The van der Waals surface area contributed by atoms with Gasteiger partial charge < -0.3 is 30.7 Å². The summed E-state index contributed by atoms with van der Waals surface area (Å²) in [5.74, 6) is 0.569. The van der Waals surface area contributed by atoms with Crippen molar-refractivity contribution in [2.45, 2.75) is 43.9 Å². The molecule has 36 heavy (non-hydrogen) atoms. The van der Waals surface area contributed by atoms with E-state index >= 15 is 0 Å². The second-order valence-corrected chi connectivity index (χ2v) is 9.90. The summed E-state index contributed by atoms with van der Waals surface area (Å²) in [6, 6.07) is 14.8. The molecule has 0 aliphatic carbocycles. The van der Waals surface area contributed by atoms with Gasteiger partial charge in [0.05, 0.1) is 11.4 Å². The predicted octanol–water partition coefficient (Wildman–Crippen LogP) is 3.56. The fraction of sp³-hybridized carbons (Fsp3) is 0.407. The standard InChI is InChI=1S/C27H31FN6O2/c28-22-8-7-17(13-26(22)36-20-9-11-30-12-10-20)34-18-5-6-19(34)16-33(15-18)24-14-23(31-32-27(24)29)21-3-1-2-4-25(21)35/h1-4,7-8,13-14,18-20,30,35H,5-6,9-12,15-16H2,(H2,29,32)/t18-,19+. The Labute approximate surface area is 209 Å². The number of nitrogen functional groups attached to an aromatic ring is 1. The van der Waals surface area contributed by atoms with Crippen LogP contribution < -0.4 is 25.6 Å². The number of ether oxygens (including phenoxy) is 1. The van der Waals surface area contributed by atoms with Gasteiger partial charge in [0.25, 0.3) is 0 Å². The van der Waals surface area contributed by atoms with Crippen molar-refractivity contribution >= 4 is 17.2 Å². The second kappa shape index (κ2) is 9.46. The minimum Gasteiger partial charge on any atom is -0.507 e. The van der Waals surface area contributed by atoms with E-state index in [4.69, 9.17) is 10.5 Å². The van der Waals surface area contributed by atoms with Crippen molar-refractivity contribution < 1.29 is 14.2 Å². The molecular weight excluding hydrogens is 459 g/mol. The summed E-state index contributed by atoms with van der Waals surface area (Å²) < 4.78 is 20.7. The number of hydrogen-bond donors (Lipinski definition) is 3. The fourth-order valence-electron chi connectivity index (χ4n) is 5.82. The molecule has 3 aromatic rings. The van der Waals surface area contributed by atoms with Crippen LogP contribution in [0.25, 0.3) is 11.3 Å². The monoisotopic (exact) mass is 490 g/mol. The van der Waals surface area contributed by atoms with E-state index in [9.17, 15) is 9.50 Å². The van der Waals surface area contributed by atoms with E-state index in [1.54, 1.807) is 12.1 Å². The van der Waals surface area contributed by atoms with Crippen LogP contribution in [0.15, 0.2) is 48.5 Å². The summed E-state index contributed by atoms with van der Waals surface area (Å²) in [5, 5.41) is 22.0. The number of aromatic hydroxyl groups is 1. The average molecular weight is 491 g/mol. The lowest BCUT2D eigenvalue weighted by Gasteiger charge is -2.43. The SMILES string of the molecule is Nc1nnc(-c2ccccc2O)cc1N1C[C@H]2CC[C@@H](C1)N2c1ccc(F)c(OC2CCNCC2)c1. The summed E-state index contributed by atoms with van der Waals surface area (Å²) in [7, 11) is 0. The van der Waals surface area contributed by atoms with Crippen LogP contribution >= 0.6 is 0 Å². The van der Waals surface area contributed by atoms with Crippen LogP contribution in [0.3, 0.4) is 0 Å². The van der Waals surface area contributed by atoms with Gasteiger partial charge in [-0.05, 0) is 69.1 Å². The number of rotatable bonds is 5. The zero-order valence-electron chi connectivity index (χ0n) is 20.1. The van der Waals surface area contributed by atoms with E-state index in [2.05, 4.69) is 25.3 Å². The van der Waals surface area contributed by atoms with Gasteiger partial charge >= 0.3 is 0 Å². The molecular formula is C27H31FN6O2. The van der Waals surface area contributed by atoms with Crippen LogP contribution in [0, 0.1) is 5.82 Å². The Morgan fingerprint density at radius 1 is 0.972 bits per heavy atom. The predicted molar refractivity (Wildman–Crippen MR) is 138 cm³/mol. The van der Waals surface area contributed by atoms with E-state index in [0.717, 1.165) is 63.2 Å². The van der Waals surface area contributed by atoms with E-state index in [0.29, 0.717) is 22.8 Å². The van der Waals surface area contributed by atoms with Crippen LogP contribution in [0.1, 0.15) is 25.7 Å². The third kappa shape index (κ3) is 4.28. The third-order valence-electron chi connectivity index (χ3n) is 7.60. The van der Waals surface area contributed by atoms with E-state index < -0.39 is 0 Å². The number of phenols is 1. The van der Waals surface area contributed by atoms with Crippen LogP contribution in [0.2, 0.25) is 0 Å². The quantitative estimate of drug-likeness (QED) is 0.499. The van der Waals surface area contributed by atoms with Gasteiger partial charge in [-0.15, -0.1) is 10.2 Å². The van der Waals surface area contributed by atoms with Crippen molar-refractivity contribution in [3.8, 4) is 22.8 Å². The maximum absolute atomic E-state index is 14.6. The minimum atomic E-state index is -0.310. The van der Waals surface area contributed by atoms with Gasteiger partial charge in [-0.25, -0.2) is 4.39 Å². The highest BCUT2D eigenvalue weighted by molar-refractivity contribution is 5.74. The first-order valence-corrected chi connectivity index (χ1v) is 12.7. The van der Waals surface area contributed by atoms with Crippen molar-refractivity contribution in [3.05, 3.63) is 54.3 Å². The van der Waals surface area contributed by atoms with Crippen molar-refractivity contribution in [1.82, 2.24) is 15.5 Å². The number of aromatic nitrogens is 2. The van der Waals surface area contributed by atoms with Gasteiger partial charge in [-0.2, -0.15) is 0 Å². The number of piperazine rings is 1. The molecule has 3 aliphatic heterocycles. The highest BCUT2D eigenvalue weighted by atomic mass is 19.1. The Balaban J connectivity index is 1.23.